The van der Waals surface area contributed by atoms with Crippen LogP contribution < -0.4 is 0 Å². The third-order valence-electron chi connectivity index (χ3n) is 10.9. The zero-order chi connectivity index (χ0) is 25.4. The third-order valence-corrected chi connectivity index (χ3v) is 10.9. The highest BCUT2D eigenvalue weighted by Gasteiger charge is 2.67. The van der Waals surface area contributed by atoms with E-state index in [4.69, 9.17) is 4.74 Å². The first-order valence-corrected chi connectivity index (χ1v) is 13.5. The number of carbonyl (C=O) groups is 1. The topological polar surface area (TPSA) is 82.6 Å². The molecule has 5 heteroatoms. The lowest BCUT2D eigenvalue weighted by Gasteiger charge is -2.65. The molecule has 2 saturated carbocycles. The average Bonchev–Trinajstić information content (AvgIpc) is 3.29. The van der Waals surface area contributed by atoms with E-state index in [1.807, 2.05) is 0 Å². The Morgan fingerprint density at radius 3 is 2.60 bits per heavy atom. The van der Waals surface area contributed by atoms with Gasteiger partial charge in [-0.15, -0.1) is 0 Å². The van der Waals surface area contributed by atoms with Crippen molar-refractivity contribution in [2.24, 2.45) is 22.7 Å². The van der Waals surface area contributed by atoms with E-state index in [0.29, 0.717) is 18.3 Å². The number of para-hydroxylation sites is 1. The Morgan fingerprint density at radius 2 is 1.91 bits per heavy atom. The minimum Gasteiger partial charge on any atom is -0.462 e. The number of carbonyl (C=O) groups excluding carboxylic acids is 1. The van der Waals surface area contributed by atoms with Gasteiger partial charge in [-0.05, 0) is 87.7 Å². The first kappa shape index (κ1) is 24.8. The summed E-state index contributed by atoms with van der Waals surface area (Å²) in [5.74, 6) is 0.721. The highest BCUT2D eigenvalue weighted by molar-refractivity contribution is 5.86. The molecule has 0 radical (unpaired) electrons. The van der Waals surface area contributed by atoms with Gasteiger partial charge in [0.05, 0.1) is 11.7 Å². The van der Waals surface area contributed by atoms with Crippen molar-refractivity contribution >= 4 is 16.9 Å². The van der Waals surface area contributed by atoms with Gasteiger partial charge in [0.2, 0.25) is 0 Å². The number of fused-ring (bicyclic) bond motifs is 7. The van der Waals surface area contributed by atoms with Gasteiger partial charge in [-0.2, -0.15) is 0 Å². The highest BCUT2D eigenvalue weighted by Crippen LogP contribution is 2.70. The van der Waals surface area contributed by atoms with Crippen LogP contribution >= 0.6 is 0 Å². The average molecular weight is 482 g/mol. The summed E-state index contributed by atoms with van der Waals surface area (Å²) in [6.07, 6.45) is 5.45. The number of ether oxygens (including phenoxy) is 1. The van der Waals surface area contributed by atoms with Gasteiger partial charge in [0.15, 0.2) is 0 Å². The van der Waals surface area contributed by atoms with Gasteiger partial charge in [-0.3, -0.25) is 4.79 Å². The number of aliphatic hydroxyl groups is 2. The maximum absolute atomic E-state index is 12.1. The number of nitrogens with one attached hydrogen (secondary N) is 1. The van der Waals surface area contributed by atoms with Crippen molar-refractivity contribution in [1.82, 2.24) is 4.98 Å². The normalized spacial score (nSPS) is 37.4. The van der Waals surface area contributed by atoms with E-state index in [9.17, 15) is 15.0 Å². The quantitative estimate of drug-likeness (QED) is 0.482. The highest BCUT2D eigenvalue weighted by atomic mass is 16.5. The second kappa shape index (κ2) is 8.08. The molecule has 0 amide bonds. The molecule has 3 aliphatic rings. The van der Waals surface area contributed by atoms with Crippen molar-refractivity contribution in [1.29, 1.82) is 0 Å². The van der Waals surface area contributed by atoms with Gasteiger partial charge >= 0.3 is 5.97 Å². The Labute approximate surface area is 209 Å². The summed E-state index contributed by atoms with van der Waals surface area (Å²) in [5, 5.41) is 22.5. The number of benzene rings is 1. The second-order valence-electron chi connectivity index (χ2n) is 13.0. The van der Waals surface area contributed by atoms with Gasteiger partial charge < -0.3 is 19.9 Å². The van der Waals surface area contributed by atoms with Crippen LogP contribution in [0.25, 0.3) is 10.9 Å². The second-order valence-corrected chi connectivity index (χ2v) is 13.0. The summed E-state index contributed by atoms with van der Waals surface area (Å²) in [4.78, 5) is 16.0. The predicted molar refractivity (Wildman–Crippen MR) is 138 cm³/mol. The number of aromatic amines is 1. The molecule has 0 unspecified atom stereocenters. The van der Waals surface area contributed by atoms with Crippen molar-refractivity contribution in [3.63, 3.8) is 0 Å². The maximum atomic E-state index is 12.1. The van der Waals surface area contributed by atoms with Gasteiger partial charge in [-0.25, -0.2) is 0 Å². The lowest BCUT2D eigenvalue weighted by Crippen LogP contribution is -2.63. The number of hydrogen-bond donors (Lipinski definition) is 3. The zero-order valence-corrected chi connectivity index (χ0v) is 22.3. The smallest absolute Gasteiger partial charge is 0.302 e. The number of H-pyrrole nitrogens is 1. The van der Waals surface area contributed by atoms with E-state index in [0.717, 1.165) is 38.5 Å². The lowest BCUT2D eigenvalue weighted by atomic mass is 9.40. The number of hydrogen-bond acceptors (Lipinski definition) is 4. The molecule has 1 aromatic carbocycles. The van der Waals surface area contributed by atoms with Gasteiger partial charge in [0, 0.05) is 34.4 Å². The van der Waals surface area contributed by atoms with Crippen LogP contribution in [-0.2, 0) is 21.4 Å². The molecule has 2 fully saturated rings. The van der Waals surface area contributed by atoms with Gasteiger partial charge in [0.1, 0.15) is 6.10 Å². The monoisotopic (exact) mass is 481 g/mol. The Bertz CT molecular complexity index is 1130. The molecule has 1 aromatic heterocycles. The summed E-state index contributed by atoms with van der Waals surface area (Å²) < 4.78 is 5.99. The van der Waals surface area contributed by atoms with Crippen molar-refractivity contribution in [3.8, 4) is 0 Å². The van der Waals surface area contributed by atoms with Crippen LogP contribution in [-0.4, -0.2) is 39.0 Å². The molecule has 0 aliphatic heterocycles. The van der Waals surface area contributed by atoms with Crippen LogP contribution in [0.3, 0.4) is 0 Å². The summed E-state index contributed by atoms with van der Waals surface area (Å²) in [5.41, 5.74) is 2.77. The van der Waals surface area contributed by atoms with Crippen LogP contribution in [0.5, 0.6) is 0 Å². The predicted octanol–water partition coefficient (Wildman–Crippen LogP) is 5.66. The first-order chi connectivity index (χ1) is 16.3. The SMILES string of the molecule is CC(=O)O[C@H]1CC[C@@]2(C)[C@@H](CC[C@H]3Cc4c([nH]c5ccccc45)[C@@]32C)[C@]1(C)CC[C@@H](O)C(C)(C)O. The molecule has 2 aromatic rings. The summed E-state index contributed by atoms with van der Waals surface area (Å²) in [6, 6.07) is 8.69. The van der Waals surface area contributed by atoms with E-state index in [2.05, 4.69) is 50.0 Å². The number of rotatable bonds is 5. The molecule has 0 bridgehead atoms. The van der Waals surface area contributed by atoms with Crippen molar-refractivity contribution in [3.05, 3.63) is 35.5 Å². The fourth-order valence-electron chi connectivity index (χ4n) is 8.71. The molecule has 1 heterocycles. The summed E-state index contributed by atoms with van der Waals surface area (Å²) >= 11 is 0. The molecule has 0 saturated heterocycles. The maximum Gasteiger partial charge on any atom is 0.302 e. The molecule has 7 atom stereocenters. The standard InChI is InChI=1S/C30H43NO4/c1-18(32)35-25-14-16-29(5)23(28(25,4)15-13-24(33)27(2,3)34)12-11-19-17-21-20-9-7-8-10-22(20)31-26(21)30(19,29)6/h7-10,19,23-25,31,33-34H,11-17H2,1-6H3/t19-,23-,24+,25-,28-,29-,30+/m0/s1. The molecule has 35 heavy (non-hydrogen) atoms. The van der Waals surface area contributed by atoms with Crippen LogP contribution in [0.4, 0.5) is 0 Å². The fourth-order valence-corrected chi connectivity index (χ4v) is 8.71. The Kier molecular flexibility index (Phi) is 5.73. The van der Waals surface area contributed by atoms with Gasteiger partial charge in [-0.1, -0.05) is 39.0 Å². The zero-order valence-electron chi connectivity index (χ0n) is 22.3. The van der Waals surface area contributed by atoms with Crippen LogP contribution in [0, 0.1) is 22.7 Å². The van der Waals surface area contributed by atoms with Gasteiger partial charge in [0.25, 0.3) is 0 Å². The summed E-state index contributed by atoms with van der Waals surface area (Å²) in [7, 11) is 0. The van der Waals surface area contributed by atoms with Crippen molar-refractivity contribution in [2.75, 3.05) is 0 Å². The Morgan fingerprint density at radius 1 is 1.20 bits per heavy atom. The number of esters is 1. The molecule has 192 valence electrons. The molecule has 5 rings (SSSR count). The molecule has 3 N–H and O–H groups in total. The van der Waals surface area contributed by atoms with Crippen LogP contribution in [0.15, 0.2) is 24.3 Å². The molecule has 5 nitrogen and oxygen atoms in total. The minimum atomic E-state index is -1.15. The Hall–Kier alpha value is -1.85. The molecular weight excluding hydrogens is 438 g/mol. The van der Waals surface area contributed by atoms with Crippen molar-refractivity contribution in [2.45, 2.75) is 110 Å². The van der Waals surface area contributed by atoms with E-state index in [-0.39, 0.29) is 28.3 Å². The summed E-state index contributed by atoms with van der Waals surface area (Å²) in [6.45, 7) is 12.1. The van der Waals surface area contributed by atoms with Crippen LogP contribution in [0.1, 0.15) is 91.3 Å². The third kappa shape index (κ3) is 3.52. The van der Waals surface area contributed by atoms with E-state index >= 15 is 0 Å². The number of aromatic nitrogens is 1. The number of aliphatic hydroxyl groups excluding tert-OH is 1. The molecule has 0 spiro atoms. The first-order valence-electron chi connectivity index (χ1n) is 13.5. The van der Waals surface area contributed by atoms with E-state index in [1.165, 1.54) is 29.1 Å². The van der Waals surface area contributed by atoms with Crippen molar-refractivity contribution < 1.29 is 19.7 Å². The van der Waals surface area contributed by atoms with Crippen LogP contribution in [0.2, 0.25) is 0 Å². The molecule has 3 aliphatic carbocycles. The largest absolute Gasteiger partial charge is 0.462 e. The molecular formula is C30H43NO4. The van der Waals surface area contributed by atoms with E-state index < -0.39 is 11.7 Å². The Balaban J connectivity index is 1.57. The fraction of sp³-hybridized carbons (Fsp3) is 0.700. The minimum absolute atomic E-state index is 0.0155. The lowest BCUT2D eigenvalue weighted by molar-refractivity contribution is -0.193. The van der Waals surface area contributed by atoms with E-state index in [1.54, 1.807) is 13.8 Å².